The minimum atomic E-state index is -0.476. The van der Waals surface area contributed by atoms with Gasteiger partial charge in [-0.2, -0.15) is 0 Å². The molecule has 1 heterocycles. The fraction of sp³-hybridized carbons (Fsp3) is 0.310. The molecule has 1 N–H and O–H groups in total. The highest BCUT2D eigenvalue weighted by Gasteiger charge is 2.20. The van der Waals surface area contributed by atoms with E-state index in [1.165, 1.54) is 5.56 Å². The van der Waals surface area contributed by atoms with Crippen LogP contribution in [0.4, 0.5) is 5.69 Å². The van der Waals surface area contributed by atoms with Gasteiger partial charge in [-0.3, -0.25) is 4.79 Å². The van der Waals surface area contributed by atoms with Crippen LogP contribution >= 0.6 is 0 Å². The molecule has 0 aliphatic carbocycles. The highest BCUT2D eigenvalue weighted by atomic mass is 16.7. The van der Waals surface area contributed by atoms with Gasteiger partial charge >= 0.3 is 5.97 Å². The van der Waals surface area contributed by atoms with E-state index in [1.807, 2.05) is 19.1 Å². The highest BCUT2D eigenvalue weighted by Crippen LogP contribution is 2.38. The van der Waals surface area contributed by atoms with Gasteiger partial charge in [0.2, 0.25) is 12.7 Å². The summed E-state index contributed by atoms with van der Waals surface area (Å²) >= 11 is 0. The molecule has 36 heavy (non-hydrogen) atoms. The fourth-order valence-electron chi connectivity index (χ4n) is 3.93. The van der Waals surface area contributed by atoms with Crippen LogP contribution in [0.15, 0.2) is 60.7 Å². The predicted octanol–water partition coefficient (Wildman–Crippen LogP) is 6.33. The number of carbonyl (C=O) groups is 2. The Morgan fingerprint density at radius 2 is 1.69 bits per heavy atom. The van der Waals surface area contributed by atoms with Crippen molar-refractivity contribution in [2.24, 2.45) is 5.92 Å². The number of benzene rings is 3. The van der Waals surface area contributed by atoms with Crippen molar-refractivity contribution in [3.05, 3.63) is 77.4 Å². The zero-order chi connectivity index (χ0) is 25.7. The molecular formula is C29H31NO6. The number of nitrogens with one attached hydrogen (secondary N) is 1. The van der Waals surface area contributed by atoms with E-state index >= 15 is 0 Å². The highest BCUT2D eigenvalue weighted by molar-refractivity contribution is 5.99. The van der Waals surface area contributed by atoms with Crippen LogP contribution in [0.5, 0.6) is 23.0 Å². The van der Waals surface area contributed by atoms with Crippen molar-refractivity contribution in [3.63, 3.8) is 0 Å². The van der Waals surface area contributed by atoms with Gasteiger partial charge in [-0.25, -0.2) is 4.79 Å². The summed E-state index contributed by atoms with van der Waals surface area (Å²) < 4.78 is 22.0. The van der Waals surface area contributed by atoms with E-state index in [-0.39, 0.29) is 19.3 Å². The number of anilines is 1. The van der Waals surface area contributed by atoms with Crippen molar-refractivity contribution in [2.45, 2.75) is 40.0 Å². The molecular weight excluding hydrogens is 458 g/mol. The van der Waals surface area contributed by atoms with Crippen LogP contribution < -0.4 is 19.5 Å². The van der Waals surface area contributed by atoms with Gasteiger partial charge in [-0.1, -0.05) is 38.1 Å². The Kier molecular flexibility index (Phi) is 7.78. The van der Waals surface area contributed by atoms with Crippen molar-refractivity contribution in [2.75, 3.05) is 18.7 Å². The molecule has 188 valence electrons. The van der Waals surface area contributed by atoms with Gasteiger partial charge in [0.25, 0.3) is 0 Å². The van der Waals surface area contributed by atoms with E-state index in [2.05, 4.69) is 31.3 Å². The maximum atomic E-state index is 13.2. The maximum Gasteiger partial charge on any atom is 0.338 e. The third-order valence-electron chi connectivity index (χ3n) is 5.84. The molecule has 4 rings (SSSR count). The molecule has 1 atom stereocenters. The van der Waals surface area contributed by atoms with Crippen molar-refractivity contribution >= 4 is 17.6 Å². The Hall–Kier alpha value is -4.00. The molecule has 0 aromatic heterocycles. The van der Waals surface area contributed by atoms with Gasteiger partial charge in [-0.05, 0) is 67.6 Å². The summed E-state index contributed by atoms with van der Waals surface area (Å²) in [5.74, 6) is 1.56. The number of esters is 1. The van der Waals surface area contributed by atoms with Crippen molar-refractivity contribution in [1.82, 2.24) is 0 Å². The molecule has 3 aromatic carbocycles. The SMILES string of the molecule is CCOC(=O)c1ccc(Oc2ccc3c(c2)OCO3)c(NC(=O)C(C)c2ccc(CC(C)C)cc2)c1. The van der Waals surface area contributed by atoms with E-state index in [0.29, 0.717) is 40.2 Å². The molecule has 7 nitrogen and oxygen atoms in total. The minimum Gasteiger partial charge on any atom is -0.462 e. The van der Waals surface area contributed by atoms with E-state index in [4.69, 9.17) is 18.9 Å². The molecule has 1 aliphatic rings. The first kappa shape index (κ1) is 25.1. The number of ether oxygens (including phenoxy) is 4. The number of amides is 1. The van der Waals surface area contributed by atoms with Gasteiger partial charge in [0, 0.05) is 6.07 Å². The molecule has 0 radical (unpaired) electrons. The number of rotatable bonds is 9. The van der Waals surface area contributed by atoms with E-state index in [9.17, 15) is 9.59 Å². The average Bonchev–Trinajstić information content (AvgIpc) is 3.33. The zero-order valence-electron chi connectivity index (χ0n) is 21.0. The summed E-state index contributed by atoms with van der Waals surface area (Å²) in [6.45, 7) is 8.35. The average molecular weight is 490 g/mol. The standard InChI is InChI=1S/C29H31NO6/c1-5-33-29(32)22-10-12-25(36-23-11-13-26-27(16-23)35-17-34-26)24(15-22)30-28(31)19(4)21-8-6-20(7-9-21)14-18(2)3/h6-13,15-16,18-19H,5,14,17H2,1-4H3,(H,30,31). The van der Waals surface area contributed by atoms with Gasteiger partial charge in [0.05, 0.1) is 23.8 Å². The summed E-state index contributed by atoms with van der Waals surface area (Å²) in [6, 6.07) is 18.1. The first-order valence-electron chi connectivity index (χ1n) is 12.1. The Morgan fingerprint density at radius 1 is 0.944 bits per heavy atom. The quantitative estimate of drug-likeness (QED) is 0.354. The third kappa shape index (κ3) is 5.97. The normalized spacial score (nSPS) is 12.8. The fourth-order valence-corrected chi connectivity index (χ4v) is 3.93. The molecule has 0 spiro atoms. The first-order valence-corrected chi connectivity index (χ1v) is 12.1. The Balaban J connectivity index is 1.57. The topological polar surface area (TPSA) is 83.1 Å². The van der Waals surface area contributed by atoms with Gasteiger partial charge in [0.15, 0.2) is 17.2 Å². The molecule has 1 aliphatic heterocycles. The zero-order valence-corrected chi connectivity index (χ0v) is 21.0. The van der Waals surface area contributed by atoms with E-state index < -0.39 is 11.9 Å². The van der Waals surface area contributed by atoms with Crippen LogP contribution in [0.1, 0.15) is 55.1 Å². The molecule has 0 saturated heterocycles. The second-order valence-corrected chi connectivity index (χ2v) is 9.10. The Morgan fingerprint density at radius 3 is 2.42 bits per heavy atom. The lowest BCUT2D eigenvalue weighted by Gasteiger charge is -2.17. The molecule has 0 bridgehead atoms. The number of carbonyl (C=O) groups excluding carboxylic acids is 2. The van der Waals surface area contributed by atoms with Crippen LogP contribution in [0, 0.1) is 5.92 Å². The smallest absolute Gasteiger partial charge is 0.338 e. The predicted molar refractivity (Wildman–Crippen MR) is 137 cm³/mol. The summed E-state index contributed by atoms with van der Waals surface area (Å²) in [5.41, 5.74) is 2.82. The van der Waals surface area contributed by atoms with Crippen molar-refractivity contribution < 1.29 is 28.5 Å². The lowest BCUT2D eigenvalue weighted by molar-refractivity contribution is -0.117. The number of fused-ring (bicyclic) bond motifs is 1. The van der Waals surface area contributed by atoms with Crippen molar-refractivity contribution in [1.29, 1.82) is 0 Å². The minimum absolute atomic E-state index is 0.157. The lowest BCUT2D eigenvalue weighted by Crippen LogP contribution is -2.19. The van der Waals surface area contributed by atoms with Gasteiger partial charge < -0.3 is 24.3 Å². The van der Waals surface area contributed by atoms with Crippen LogP contribution in [-0.4, -0.2) is 25.3 Å². The first-order chi connectivity index (χ1) is 17.3. The van der Waals surface area contributed by atoms with E-state index in [0.717, 1.165) is 12.0 Å². The maximum absolute atomic E-state index is 13.2. The van der Waals surface area contributed by atoms with Crippen LogP contribution in [0.2, 0.25) is 0 Å². The lowest BCUT2D eigenvalue weighted by atomic mass is 9.96. The van der Waals surface area contributed by atoms with Crippen molar-refractivity contribution in [3.8, 4) is 23.0 Å². The number of hydrogen-bond acceptors (Lipinski definition) is 6. The second kappa shape index (κ2) is 11.2. The molecule has 0 saturated carbocycles. The Bertz CT molecular complexity index is 1240. The largest absolute Gasteiger partial charge is 0.462 e. The van der Waals surface area contributed by atoms with Gasteiger partial charge in [-0.15, -0.1) is 0 Å². The van der Waals surface area contributed by atoms with Crippen LogP contribution in [0.3, 0.4) is 0 Å². The molecule has 3 aromatic rings. The summed E-state index contributed by atoms with van der Waals surface area (Å²) in [4.78, 5) is 25.6. The second-order valence-electron chi connectivity index (χ2n) is 9.10. The van der Waals surface area contributed by atoms with E-state index in [1.54, 1.807) is 43.3 Å². The summed E-state index contributed by atoms with van der Waals surface area (Å²) in [6.07, 6.45) is 0.988. The summed E-state index contributed by atoms with van der Waals surface area (Å²) in [5, 5.41) is 2.94. The van der Waals surface area contributed by atoms with Crippen LogP contribution in [-0.2, 0) is 16.0 Å². The molecule has 0 fully saturated rings. The summed E-state index contributed by atoms with van der Waals surface area (Å²) in [7, 11) is 0. The Labute approximate surface area is 211 Å². The molecule has 7 heteroatoms. The molecule has 1 unspecified atom stereocenters. The molecule has 1 amide bonds. The number of hydrogen-bond donors (Lipinski definition) is 1. The monoisotopic (exact) mass is 489 g/mol. The van der Waals surface area contributed by atoms with Crippen LogP contribution in [0.25, 0.3) is 0 Å². The third-order valence-corrected chi connectivity index (χ3v) is 5.84. The van der Waals surface area contributed by atoms with Gasteiger partial charge in [0.1, 0.15) is 5.75 Å².